The Labute approximate surface area is 293 Å². The van der Waals surface area contributed by atoms with E-state index in [1.54, 1.807) is 0 Å². The number of carbonyl (C=O) groups excluding carboxylic acids is 2. The van der Waals surface area contributed by atoms with Crippen LogP contribution in [0, 0.1) is 5.92 Å². The first-order chi connectivity index (χ1) is 22.7. The average Bonchev–Trinajstić information content (AvgIpc) is 3.72. The van der Waals surface area contributed by atoms with Crippen LogP contribution in [-0.2, 0) is 45.4 Å². The van der Waals surface area contributed by atoms with Crippen LogP contribution < -0.4 is 27.0 Å². The van der Waals surface area contributed by atoms with Gasteiger partial charge in [0, 0.05) is 32.0 Å². The molecule has 0 radical (unpaired) electrons. The van der Waals surface area contributed by atoms with Gasteiger partial charge in [-0.3, -0.25) is 9.59 Å². The molecule has 1 unspecified atom stereocenters. The molecule has 0 spiro atoms. The van der Waals surface area contributed by atoms with Crippen LogP contribution in [0.3, 0.4) is 0 Å². The average molecular weight is 684 g/mol. The first-order valence-corrected chi connectivity index (χ1v) is 17.6. The number of carbonyl (C=O) groups is 2. The summed E-state index contributed by atoms with van der Waals surface area (Å²) in [7, 11) is 3.75. The number of unbranched alkanes of at least 4 members (excludes halogenated alkanes) is 1. The number of furan rings is 2. The molecule has 11 nitrogen and oxygen atoms in total. The van der Waals surface area contributed by atoms with Gasteiger partial charge in [-0.2, -0.15) is 0 Å². The Morgan fingerprint density at radius 3 is 1.62 bits per heavy atom. The zero-order chi connectivity index (χ0) is 35.7. The van der Waals surface area contributed by atoms with Gasteiger partial charge >= 0.3 is 11.9 Å². The molecule has 48 heavy (non-hydrogen) atoms. The fourth-order valence-corrected chi connectivity index (χ4v) is 3.69. The number of hydrogen-bond donors (Lipinski definition) is 5. The minimum absolute atomic E-state index is 0. The summed E-state index contributed by atoms with van der Waals surface area (Å²) in [4.78, 5) is 23.8. The van der Waals surface area contributed by atoms with Gasteiger partial charge in [-0.05, 0) is 90.0 Å². The summed E-state index contributed by atoms with van der Waals surface area (Å²) in [5.41, 5.74) is 5.14. The predicted octanol–water partition coefficient (Wildman–Crippen LogP) is 6.69. The highest BCUT2D eigenvalue weighted by Gasteiger charge is 2.10. The molecule has 6 N–H and O–H groups in total. The maximum atomic E-state index is 12.1. The third kappa shape index (κ3) is 30.6. The second-order valence-corrected chi connectivity index (χ2v) is 11.4. The second kappa shape index (κ2) is 35.6. The van der Waals surface area contributed by atoms with Gasteiger partial charge in [-0.1, -0.05) is 55.4 Å². The van der Waals surface area contributed by atoms with Gasteiger partial charge in [0.1, 0.15) is 36.3 Å². The quantitative estimate of drug-likeness (QED) is 0.0667. The number of nitrogens with two attached hydrogens (primary N) is 1. The first kappa shape index (κ1) is 49.7. The van der Waals surface area contributed by atoms with Crippen molar-refractivity contribution in [1.29, 1.82) is 0 Å². The van der Waals surface area contributed by atoms with Crippen LogP contribution in [0.4, 0.5) is 0 Å². The maximum Gasteiger partial charge on any atom is 0.306 e. The maximum absolute atomic E-state index is 12.1. The molecular formula is C37H73N5O6. The monoisotopic (exact) mass is 684 g/mol. The highest BCUT2D eigenvalue weighted by atomic mass is 16.5. The summed E-state index contributed by atoms with van der Waals surface area (Å²) in [6.07, 6.45) is 5.76. The minimum atomic E-state index is -0.229. The SMILES string of the molecule is C.CC.CCCCN.CCCNCc1ccc(COC(=O)CCC(C)NCCNCc2ccc(COC(=O)CCC(C)C)o2)o1.CNC. The minimum Gasteiger partial charge on any atom is -0.461 e. The van der Waals surface area contributed by atoms with Crippen molar-refractivity contribution in [2.75, 3.05) is 40.3 Å². The Morgan fingerprint density at radius 1 is 0.750 bits per heavy atom. The lowest BCUT2D eigenvalue weighted by Gasteiger charge is -2.13. The topological polar surface area (TPSA) is 153 Å². The Morgan fingerprint density at radius 2 is 1.21 bits per heavy atom. The highest BCUT2D eigenvalue weighted by Crippen LogP contribution is 2.12. The fourth-order valence-electron chi connectivity index (χ4n) is 3.69. The zero-order valence-corrected chi connectivity index (χ0v) is 31.1. The summed E-state index contributed by atoms with van der Waals surface area (Å²) >= 11 is 0. The van der Waals surface area contributed by atoms with Crippen molar-refractivity contribution in [3.8, 4) is 0 Å². The van der Waals surface area contributed by atoms with Crippen molar-refractivity contribution in [2.45, 2.75) is 133 Å². The summed E-state index contributed by atoms with van der Waals surface area (Å²) < 4.78 is 22.0. The van der Waals surface area contributed by atoms with E-state index in [9.17, 15) is 9.59 Å². The van der Waals surface area contributed by atoms with Crippen LogP contribution in [0.1, 0.15) is 124 Å². The first-order valence-electron chi connectivity index (χ1n) is 17.6. The van der Waals surface area contributed by atoms with Crippen molar-refractivity contribution >= 4 is 11.9 Å². The summed E-state index contributed by atoms with van der Waals surface area (Å²) in [5, 5.41) is 12.7. The molecule has 2 aromatic heterocycles. The molecule has 0 aliphatic carbocycles. The van der Waals surface area contributed by atoms with Crippen molar-refractivity contribution < 1.29 is 27.9 Å². The Bertz CT molecular complexity index is 977. The van der Waals surface area contributed by atoms with Crippen LogP contribution in [0.2, 0.25) is 0 Å². The molecular weight excluding hydrogens is 610 g/mol. The zero-order valence-electron chi connectivity index (χ0n) is 31.1. The molecule has 282 valence electrons. The van der Waals surface area contributed by atoms with E-state index >= 15 is 0 Å². The Hall–Kier alpha value is -2.70. The van der Waals surface area contributed by atoms with Gasteiger partial charge in [-0.15, -0.1) is 0 Å². The molecule has 0 fully saturated rings. The van der Waals surface area contributed by atoms with Crippen molar-refractivity contribution in [3.05, 3.63) is 47.3 Å². The van der Waals surface area contributed by atoms with E-state index in [1.807, 2.05) is 52.2 Å². The van der Waals surface area contributed by atoms with Gasteiger partial charge < -0.3 is 45.3 Å². The second-order valence-electron chi connectivity index (χ2n) is 11.4. The third-order valence-corrected chi connectivity index (χ3v) is 6.27. The molecule has 0 bridgehead atoms. The number of nitrogens with one attached hydrogen (secondary N) is 4. The van der Waals surface area contributed by atoms with E-state index < -0.39 is 0 Å². The summed E-state index contributed by atoms with van der Waals surface area (Å²) in [6.45, 7) is 19.4. The summed E-state index contributed by atoms with van der Waals surface area (Å²) in [6, 6.07) is 7.67. The van der Waals surface area contributed by atoms with Crippen molar-refractivity contribution in [3.63, 3.8) is 0 Å². The van der Waals surface area contributed by atoms with E-state index in [4.69, 9.17) is 24.0 Å². The molecule has 0 aromatic carbocycles. The lowest BCUT2D eigenvalue weighted by atomic mass is 10.1. The number of hydrogen-bond acceptors (Lipinski definition) is 11. The normalized spacial score (nSPS) is 10.7. The molecule has 2 heterocycles. The smallest absolute Gasteiger partial charge is 0.306 e. The van der Waals surface area contributed by atoms with Crippen LogP contribution in [0.15, 0.2) is 33.1 Å². The van der Waals surface area contributed by atoms with Crippen LogP contribution >= 0.6 is 0 Å². The number of esters is 2. The van der Waals surface area contributed by atoms with E-state index in [2.05, 4.69) is 55.9 Å². The van der Waals surface area contributed by atoms with Gasteiger partial charge in [0.15, 0.2) is 0 Å². The highest BCUT2D eigenvalue weighted by molar-refractivity contribution is 5.69. The molecule has 11 heteroatoms. The summed E-state index contributed by atoms with van der Waals surface area (Å²) in [5.74, 6) is 3.00. The molecule has 0 saturated carbocycles. The Kier molecular flexibility index (Phi) is 36.9. The molecule has 0 aliphatic heterocycles. The third-order valence-electron chi connectivity index (χ3n) is 6.27. The molecule has 2 rings (SSSR count). The molecule has 2 aromatic rings. The van der Waals surface area contributed by atoms with Gasteiger partial charge in [0.25, 0.3) is 0 Å². The van der Waals surface area contributed by atoms with E-state index in [-0.39, 0.29) is 38.6 Å². The van der Waals surface area contributed by atoms with E-state index in [0.717, 1.165) is 50.5 Å². The predicted molar refractivity (Wildman–Crippen MR) is 199 cm³/mol. The molecule has 0 saturated heterocycles. The number of ether oxygens (including phenoxy) is 2. The molecule has 0 amide bonds. The van der Waals surface area contributed by atoms with Crippen molar-refractivity contribution in [1.82, 2.24) is 21.3 Å². The standard InChI is InChI=1S/C28H45N3O6.C4H11N.C2H7N.C2H6.CH4/c1-5-14-29-17-23-8-10-26(36-23)20-35-28(33)13-7-22(4)31-16-15-30-18-24-9-11-25(37-24)19-34-27(32)12-6-21(2)3;1-2-3-4-5;1-3-2;1-2;/h8-11,21-22,29-31H,5-7,12-20H2,1-4H3;2-5H2,1H3;3H,1-2H3;1-2H3;1H4. The molecule has 1 atom stereocenters. The van der Waals surface area contributed by atoms with E-state index in [1.165, 1.54) is 12.8 Å². The number of rotatable bonds is 22. The lowest BCUT2D eigenvalue weighted by Crippen LogP contribution is -2.33. The van der Waals surface area contributed by atoms with Crippen LogP contribution in [0.5, 0.6) is 0 Å². The van der Waals surface area contributed by atoms with Gasteiger partial charge in [-0.25, -0.2) is 0 Å². The van der Waals surface area contributed by atoms with Crippen LogP contribution in [0.25, 0.3) is 0 Å². The fraction of sp³-hybridized carbons (Fsp3) is 0.730. The van der Waals surface area contributed by atoms with Crippen molar-refractivity contribution in [2.24, 2.45) is 11.7 Å². The van der Waals surface area contributed by atoms with E-state index in [0.29, 0.717) is 49.8 Å². The Balaban J connectivity index is -0.00000163. The van der Waals surface area contributed by atoms with Gasteiger partial charge in [0.05, 0.1) is 13.1 Å². The van der Waals surface area contributed by atoms with Gasteiger partial charge in [0.2, 0.25) is 0 Å². The largest absolute Gasteiger partial charge is 0.461 e. The molecule has 0 aliphatic rings. The van der Waals surface area contributed by atoms with Crippen LogP contribution in [-0.4, -0.2) is 58.3 Å². The lowest BCUT2D eigenvalue weighted by molar-refractivity contribution is -0.146.